The summed E-state index contributed by atoms with van der Waals surface area (Å²) in [5.41, 5.74) is 3.20. The fraction of sp³-hybridized carbons (Fsp3) is 0.348. The van der Waals surface area contributed by atoms with Crippen molar-refractivity contribution in [2.24, 2.45) is 0 Å². The molecule has 1 fully saturated rings. The maximum atomic E-state index is 12.4. The zero-order valence-corrected chi connectivity index (χ0v) is 18.0. The molecule has 0 atom stereocenters. The molecular formula is C23H27N5OS. The minimum atomic E-state index is 0.0650. The van der Waals surface area contributed by atoms with Crippen LogP contribution in [0.2, 0.25) is 0 Å². The van der Waals surface area contributed by atoms with E-state index >= 15 is 0 Å². The molecule has 156 valence electrons. The maximum absolute atomic E-state index is 12.4. The lowest BCUT2D eigenvalue weighted by Crippen LogP contribution is -2.33. The van der Waals surface area contributed by atoms with Crippen LogP contribution in [0.1, 0.15) is 37.1 Å². The fourth-order valence-corrected chi connectivity index (χ4v) is 4.55. The third kappa shape index (κ3) is 5.02. The minimum absolute atomic E-state index is 0.0650. The van der Waals surface area contributed by atoms with Crippen LogP contribution in [0.15, 0.2) is 59.8 Å². The first-order valence-electron chi connectivity index (χ1n) is 10.4. The second-order valence-corrected chi connectivity index (χ2v) is 8.52. The predicted octanol–water partition coefficient (Wildman–Crippen LogP) is 4.34. The van der Waals surface area contributed by atoms with Crippen molar-refractivity contribution in [2.75, 3.05) is 11.1 Å². The first-order valence-corrected chi connectivity index (χ1v) is 11.4. The van der Waals surface area contributed by atoms with Gasteiger partial charge in [-0.15, -0.1) is 10.2 Å². The number of hydrogen-bond acceptors (Lipinski definition) is 5. The molecule has 1 heterocycles. The molecule has 6 nitrogen and oxygen atoms in total. The van der Waals surface area contributed by atoms with Crippen LogP contribution in [0.4, 0.5) is 5.69 Å². The fourth-order valence-electron chi connectivity index (χ4n) is 3.77. The van der Waals surface area contributed by atoms with E-state index in [0.29, 0.717) is 18.3 Å². The van der Waals surface area contributed by atoms with Crippen LogP contribution in [0.25, 0.3) is 5.69 Å². The summed E-state index contributed by atoms with van der Waals surface area (Å²) in [7, 11) is 0. The molecule has 30 heavy (non-hydrogen) atoms. The first-order chi connectivity index (χ1) is 14.7. The van der Waals surface area contributed by atoms with Crippen LogP contribution in [0.3, 0.4) is 0 Å². The van der Waals surface area contributed by atoms with Crippen LogP contribution < -0.4 is 10.6 Å². The number of amides is 1. The van der Waals surface area contributed by atoms with Crippen LogP contribution in [-0.4, -0.2) is 32.5 Å². The zero-order chi connectivity index (χ0) is 20.8. The Labute approximate surface area is 181 Å². The summed E-state index contributed by atoms with van der Waals surface area (Å²) in [6.07, 6.45) is 4.59. The van der Waals surface area contributed by atoms with Gasteiger partial charge in [-0.3, -0.25) is 9.36 Å². The summed E-state index contributed by atoms with van der Waals surface area (Å²) in [6, 6.07) is 18.5. The Morgan fingerprint density at radius 1 is 1.07 bits per heavy atom. The second-order valence-electron chi connectivity index (χ2n) is 7.58. The van der Waals surface area contributed by atoms with E-state index in [1.54, 1.807) is 0 Å². The molecule has 1 aromatic heterocycles. The van der Waals surface area contributed by atoms with E-state index < -0.39 is 0 Å². The van der Waals surface area contributed by atoms with Crippen LogP contribution >= 0.6 is 11.8 Å². The Bertz CT molecular complexity index is 982. The summed E-state index contributed by atoms with van der Waals surface area (Å²) in [4.78, 5) is 12.4. The van der Waals surface area contributed by atoms with Crippen molar-refractivity contribution in [2.45, 2.75) is 50.4 Å². The SMILES string of the molecule is Cc1ccccc1-n1c(CNc2ccccc2)nnc1SCC(=O)NC1CCCC1. The monoisotopic (exact) mass is 421 g/mol. The van der Waals surface area contributed by atoms with Gasteiger partial charge in [-0.05, 0) is 43.5 Å². The summed E-state index contributed by atoms with van der Waals surface area (Å²) in [6.45, 7) is 2.62. The highest BCUT2D eigenvalue weighted by atomic mass is 32.2. The highest BCUT2D eigenvalue weighted by Crippen LogP contribution is 2.25. The molecule has 7 heteroatoms. The van der Waals surface area contributed by atoms with Crippen molar-refractivity contribution in [3.8, 4) is 5.69 Å². The molecule has 0 bridgehead atoms. The average Bonchev–Trinajstić information content (AvgIpc) is 3.42. The van der Waals surface area contributed by atoms with Gasteiger partial charge < -0.3 is 10.6 Å². The van der Waals surface area contributed by atoms with E-state index in [0.717, 1.165) is 40.8 Å². The number of carbonyl (C=O) groups is 1. The highest BCUT2D eigenvalue weighted by Gasteiger charge is 2.20. The molecular weight excluding hydrogens is 394 g/mol. The van der Waals surface area contributed by atoms with E-state index in [1.807, 2.05) is 42.5 Å². The number of hydrogen-bond donors (Lipinski definition) is 2. The van der Waals surface area contributed by atoms with E-state index in [1.165, 1.54) is 24.6 Å². The summed E-state index contributed by atoms with van der Waals surface area (Å²) >= 11 is 1.43. The predicted molar refractivity (Wildman–Crippen MR) is 121 cm³/mol. The van der Waals surface area contributed by atoms with Crippen molar-refractivity contribution in [3.63, 3.8) is 0 Å². The minimum Gasteiger partial charge on any atom is -0.378 e. The van der Waals surface area contributed by atoms with Gasteiger partial charge in [-0.25, -0.2) is 0 Å². The third-order valence-electron chi connectivity index (χ3n) is 5.33. The summed E-state index contributed by atoms with van der Waals surface area (Å²) in [5, 5.41) is 16.1. The second kappa shape index (κ2) is 9.80. The van der Waals surface area contributed by atoms with Crippen molar-refractivity contribution in [1.82, 2.24) is 20.1 Å². The number of aromatic nitrogens is 3. The number of aryl methyl sites for hydroxylation is 1. The Morgan fingerprint density at radius 3 is 2.57 bits per heavy atom. The van der Waals surface area contributed by atoms with Gasteiger partial charge in [0.25, 0.3) is 0 Å². The van der Waals surface area contributed by atoms with Gasteiger partial charge in [-0.2, -0.15) is 0 Å². The smallest absolute Gasteiger partial charge is 0.230 e. The van der Waals surface area contributed by atoms with Gasteiger partial charge in [0.2, 0.25) is 5.91 Å². The Balaban J connectivity index is 1.51. The summed E-state index contributed by atoms with van der Waals surface area (Å²) in [5.74, 6) is 1.22. The molecule has 1 amide bonds. The number of nitrogens with one attached hydrogen (secondary N) is 2. The third-order valence-corrected chi connectivity index (χ3v) is 6.26. The Hall–Kier alpha value is -2.80. The lowest BCUT2D eigenvalue weighted by Gasteiger charge is -2.14. The molecule has 1 aliphatic carbocycles. The molecule has 1 saturated carbocycles. The van der Waals surface area contributed by atoms with Crippen molar-refractivity contribution >= 4 is 23.4 Å². The van der Waals surface area contributed by atoms with Gasteiger partial charge in [0.05, 0.1) is 18.0 Å². The van der Waals surface area contributed by atoms with E-state index in [9.17, 15) is 4.79 Å². The number of para-hydroxylation sites is 2. The molecule has 4 rings (SSSR count). The lowest BCUT2D eigenvalue weighted by atomic mass is 10.2. The lowest BCUT2D eigenvalue weighted by molar-refractivity contribution is -0.119. The zero-order valence-electron chi connectivity index (χ0n) is 17.2. The number of carbonyl (C=O) groups excluding carboxylic acids is 1. The van der Waals surface area contributed by atoms with Gasteiger partial charge in [0.15, 0.2) is 11.0 Å². The molecule has 1 aliphatic rings. The van der Waals surface area contributed by atoms with E-state index in [2.05, 4.69) is 44.5 Å². The van der Waals surface area contributed by atoms with Gasteiger partial charge >= 0.3 is 0 Å². The molecule has 0 spiro atoms. The number of benzene rings is 2. The van der Waals surface area contributed by atoms with Crippen LogP contribution in [-0.2, 0) is 11.3 Å². The van der Waals surface area contributed by atoms with Crippen molar-refractivity contribution < 1.29 is 4.79 Å². The number of nitrogens with zero attached hydrogens (tertiary/aromatic N) is 3. The largest absolute Gasteiger partial charge is 0.378 e. The number of anilines is 1. The Kier molecular flexibility index (Phi) is 6.69. The molecule has 2 N–H and O–H groups in total. The molecule has 3 aromatic rings. The van der Waals surface area contributed by atoms with Crippen molar-refractivity contribution in [1.29, 1.82) is 0 Å². The topological polar surface area (TPSA) is 71.8 Å². The molecule has 2 aromatic carbocycles. The standard InChI is InChI=1S/C23H27N5OS/c1-17-9-5-8-14-20(17)28-21(15-24-18-10-3-2-4-11-18)26-27-23(28)30-16-22(29)25-19-12-6-7-13-19/h2-5,8-11,14,19,24H,6-7,12-13,15-16H2,1H3,(H,25,29). The van der Waals surface area contributed by atoms with E-state index in [-0.39, 0.29) is 5.91 Å². The molecule has 0 unspecified atom stereocenters. The van der Waals surface area contributed by atoms with Gasteiger partial charge in [0, 0.05) is 11.7 Å². The van der Waals surface area contributed by atoms with E-state index in [4.69, 9.17) is 0 Å². The van der Waals surface area contributed by atoms with Gasteiger partial charge in [0.1, 0.15) is 0 Å². The summed E-state index contributed by atoms with van der Waals surface area (Å²) < 4.78 is 2.05. The highest BCUT2D eigenvalue weighted by molar-refractivity contribution is 7.99. The Morgan fingerprint density at radius 2 is 1.80 bits per heavy atom. The number of thioether (sulfide) groups is 1. The maximum Gasteiger partial charge on any atom is 0.230 e. The average molecular weight is 422 g/mol. The van der Waals surface area contributed by atoms with Crippen molar-refractivity contribution in [3.05, 3.63) is 66.0 Å². The normalized spacial score (nSPS) is 14.0. The molecule has 0 aliphatic heterocycles. The van der Waals surface area contributed by atoms with Crippen LogP contribution in [0, 0.1) is 6.92 Å². The first kappa shape index (κ1) is 20.5. The quantitative estimate of drug-likeness (QED) is 0.530. The molecule has 0 saturated heterocycles. The van der Waals surface area contributed by atoms with Gasteiger partial charge in [-0.1, -0.05) is 61.0 Å². The molecule has 0 radical (unpaired) electrons. The number of rotatable bonds is 8. The van der Waals surface area contributed by atoms with Crippen LogP contribution in [0.5, 0.6) is 0 Å².